The standard InChI is InChI=1S/C23H22N2O.ClH/c1-3-7-18(8-4-1)17-26-21-11-12-23-22(15-21)19(16-25-23)13-14-24-20-9-5-2-6-10-20;/h1-12,15-16,24-25H,13-14,17H2;1H. The van der Waals surface area contributed by atoms with Crippen LogP contribution < -0.4 is 10.1 Å². The number of hydrogen-bond donors (Lipinski definition) is 2. The fraction of sp³-hybridized carbons (Fsp3) is 0.130. The van der Waals surface area contributed by atoms with Gasteiger partial charge in [-0.1, -0.05) is 48.5 Å². The smallest absolute Gasteiger partial charge is 0.120 e. The van der Waals surface area contributed by atoms with E-state index >= 15 is 0 Å². The van der Waals surface area contributed by atoms with Gasteiger partial charge < -0.3 is 15.0 Å². The largest absolute Gasteiger partial charge is 0.489 e. The van der Waals surface area contributed by atoms with E-state index in [9.17, 15) is 0 Å². The average molecular weight is 379 g/mol. The van der Waals surface area contributed by atoms with E-state index in [0.29, 0.717) is 6.61 Å². The Morgan fingerprint density at radius 1 is 0.852 bits per heavy atom. The highest BCUT2D eigenvalue weighted by Gasteiger charge is 2.06. The van der Waals surface area contributed by atoms with Gasteiger partial charge in [0.1, 0.15) is 12.4 Å². The van der Waals surface area contributed by atoms with Gasteiger partial charge in [0, 0.05) is 29.3 Å². The molecule has 0 radical (unpaired) electrons. The zero-order valence-corrected chi connectivity index (χ0v) is 15.8. The number of para-hydroxylation sites is 1. The summed E-state index contributed by atoms with van der Waals surface area (Å²) in [6.07, 6.45) is 3.05. The van der Waals surface area contributed by atoms with E-state index in [1.54, 1.807) is 0 Å². The first-order valence-electron chi connectivity index (χ1n) is 8.94. The molecule has 0 saturated carbocycles. The summed E-state index contributed by atoms with van der Waals surface area (Å²) in [5, 5.41) is 4.69. The van der Waals surface area contributed by atoms with Crippen LogP contribution in [0.3, 0.4) is 0 Å². The topological polar surface area (TPSA) is 37.0 Å². The lowest BCUT2D eigenvalue weighted by Crippen LogP contribution is -2.04. The minimum atomic E-state index is 0. The van der Waals surface area contributed by atoms with Crippen molar-refractivity contribution in [3.63, 3.8) is 0 Å². The molecule has 138 valence electrons. The molecule has 0 bridgehead atoms. The summed E-state index contributed by atoms with van der Waals surface area (Å²) in [5.74, 6) is 0.901. The summed E-state index contributed by atoms with van der Waals surface area (Å²) in [7, 11) is 0. The lowest BCUT2D eigenvalue weighted by molar-refractivity contribution is 0.306. The molecule has 27 heavy (non-hydrogen) atoms. The lowest BCUT2D eigenvalue weighted by atomic mass is 10.1. The fourth-order valence-electron chi connectivity index (χ4n) is 3.09. The molecular weight excluding hydrogens is 356 g/mol. The van der Waals surface area contributed by atoms with Gasteiger partial charge in [0.05, 0.1) is 0 Å². The summed E-state index contributed by atoms with van der Waals surface area (Å²) in [4.78, 5) is 3.35. The third-order valence-corrected chi connectivity index (χ3v) is 4.48. The molecule has 4 aromatic rings. The molecule has 4 rings (SSSR count). The number of anilines is 1. The highest BCUT2D eigenvalue weighted by Crippen LogP contribution is 2.25. The van der Waals surface area contributed by atoms with Crippen LogP contribution in [0.15, 0.2) is 85.1 Å². The molecule has 3 aromatic carbocycles. The van der Waals surface area contributed by atoms with Gasteiger partial charge in [-0.05, 0) is 47.9 Å². The van der Waals surface area contributed by atoms with E-state index < -0.39 is 0 Å². The van der Waals surface area contributed by atoms with E-state index in [2.05, 4.69) is 52.9 Å². The van der Waals surface area contributed by atoms with Crippen LogP contribution in [0.25, 0.3) is 10.9 Å². The fourth-order valence-corrected chi connectivity index (χ4v) is 3.09. The van der Waals surface area contributed by atoms with Gasteiger partial charge in [0.25, 0.3) is 0 Å². The number of benzene rings is 3. The van der Waals surface area contributed by atoms with Gasteiger partial charge >= 0.3 is 0 Å². The van der Waals surface area contributed by atoms with Crippen molar-refractivity contribution in [1.29, 1.82) is 0 Å². The Morgan fingerprint density at radius 3 is 2.37 bits per heavy atom. The Morgan fingerprint density at radius 2 is 1.59 bits per heavy atom. The predicted molar refractivity (Wildman–Crippen MR) is 115 cm³/mol. The molecule has 0 atom stereocenters. The third kappa shape index (κ3) is 4.83. The number of aromatic nitrogens is 1. The molecule has 4 heteroatoms. The number of ether oxygens (including phenoxy) is 1. The van der Waals surface area contributed by atoms with Crippen LogP contribution in [-0.2, 0) is 13.0 Å². The molecule has 0 aliphatic heterocycles. The number of halogens is 1. The lowest BCUT2D eigenvalue weighted by Gasteiger charge is -2.08. The van der Waals surface area contributed by atoms with Crippen molar-refractivity contribution in [3.8, 4) is 5.75 Å². The van der Waals surface area contributed by atoms with E-state index in [0.717, 1.165) is 29.9 Å². The van der Waals surface area contributed by atoms with Crippen molar-refractivity contribution in [3.05, 3.63) is 96.2 Å². The molecule has 0 fully saturated rings. The van der Waals surface area contributed by atoms with Crippen molar-refractivity contribution in [2.45, 2.75) is 13.0 Å². The normalized spacial score (nSPS) is 10.4. The van der Waals surface area contributed by atoms with Crippen LogP contribution in [0.1, 0.15) is 11.1 Å². The SMILES string of the molecule is Cl.c1ccc(COc2ccc3[nH]cc(CCNc4ccccc4)c3c2)cc1. The van der Waals surface area contributed by atoms with E-state index in [1.807, 2.05) is 42.5 Å². The summed E-state index contributed by atoms with van der Waals surface area (Å²) in [5.41, 5.74) is 4.77. The molecule has 0 unspecified atom stereocenters. The third-order valence-electron chi connectivity index (χ3n) is 4.48. The Labute approximate surface area is 165 Å². The number of H-pyrrole nitrogens is 1. The van der Waals surface area contributed by atoms with Gasteiger partial charge in [-0.3, -0.25) is 0 Å². The van der Waals surface area contributed by atoms with Crippen molar-refractivity contribution in [2.75, 3.05) is 11.9 Å². The van der Waals surface area contributed by atoms with Crippen LogP contribution in [0.2, 0.25) is 0 Å². The Kier molecular flexibility index (Phi) is 6.39. The van der Waals surface area contributed by atoms with Gasteiger partial charge in [-0.15, -0.1) is 12.4 Å². The van der Waals surface area contributed by atoms with Crippen molar-refractivity contribution in [2.24, 2.45) is 0 Å². The van der Waals surface area contributed by atoms with Crippen LogP contribution >= 0.6 is 12.4 Å². The van der Waals surface area contributed by atoms with Crippen LogP contribution in [0.4, 0.5) is 5.69 Å². The first-order valence-corrected chi connectivity index (χ1v) is 8.94. The Balaban J connectivity index is 0.00000210. The summed E-state index contributed by atoms with van der Waals surface area (Å²) < 4.78 is 5.97. The van der Waals surface area contributed by atoms with Crippen molar-refractivity contribution >= 4 is 29.0 Å². The minimum Gasteiger partial charge on any atom is -0.489 e. The molecule has 0 aliphatic rings. The van der Waals surface area contributed by atoms with Crippen LogP contribution in [-0.4, -0.2) is 11.5 Å². The minimum absolute atomic E-state index is 0. The molecule has 1 heterocycles. The summed E-state index contributed by atoms with van der Waals surface area (Å²) in [6.45, 7) is 1.48. The van der Waals surface area contributed by atoms with E-state index in [1.165, 1.54) is 16.5 Å². The second-order valence-electron chi connectivity index (χ2n) is 6.34. The molecule has 2 N–H and O–H groups in total. The number of rotatable bonds is 7. The second kappa shape index (κ2) is 9.15. The van der Waals surface area contributed by atoms with Crippen molar-refractivity contribution in [1.82, 2.24) is 4.98 Å². The maximum atomic E-state index is 5.97. The van der Waals surface area contributed by atoms with E-state index in [-0.39, 0.29) is 12.4 Å². The molecule has 0 aliphatic carbocycles. The molecule has 0 amide bonds. The maximum absolute atomic E-state index is 5.97. The average Bonchev–Trinajstić information content (AvgIpc) is 3.10. The highest BCUT2D eigenvalue weighted by molar-refractivity contribution is 5.85. The zero-order chi connectivity index (χ0) is 17.6. The molecule has 0 saturated heterocycles. The first-order chi connectivity index (χ1) is 12.9. The van der Waals surface area contributed by atoms with Crippen LogP contribution in [0.5, 0.6) is 5.75 Å². The monoisotopic (exact) mass is 378 g/mol. The summed E-state index contributed by atoms with van der Waals surface area (Å²) in [6, 6.07) is 26.8. The molecule has 0 spiro atoms. The Hall–Kier alpha value is -2.91. The molecular formula is C23H23ClN2O. The number of hydrogen-bond acceptors (Lipinski definition) is 2. The van der Waals surface area contributed by atoms with Gasteiger partial charge in [-0.25, -0.2) is 0 Å². The maximum Gasteiger partial charge on any atom is 0.120 e. The van der Waals surface area contributed by atoms with Crippen molar-refractivity contribution < 1.29 is 4.74 Å². The van der Waals surface area contributed by atoms with Crippen LogP contribution in [0, 0.1) is 0 Å². The number of nitrogens with one attached hydrogen (secondary N) is 2. The molecule has 3 nitrogen and oxygen atoms in total. The van der Waals surface area contributed by atoms with Gasteiger partial charge in [0.2, 0.25) is 0 Å². The number of fused-ring (bicyclic) bond motifs is 1. The number of aromatic amines is 1. The first kappa shape index (κ1) is 18.9. The predicted octanol–water partition coefficient (Wildman–Crippen LogP) is 5.82. The van der Waals surface area contributed by atoms with Gasteiger partial charge in [-0.2, -0.15) is 0 Å². The zero-order valence-electron chi connectivity index (χ0n) is 15.0. The Bertz CT molecular complexity index is 968. The highest BCUT2D eigenvalue weighted by atomic mass is 35.5. The quantitative estimate of drug-likeness (QED) is 0.425. The second-order valence-corrected chi connectivity index (χ2v) is 6.34. The van der Waals surface area contributed by atoms with Gasteiger partial charge in [0.15, 0.2) is 0 Å². The van der Waals surface area contributed by atoms with E-state index in [4.69, 9.17) is 4.74 Å². The molecule has 1 aromatic heterocycles. The summed E-state index contributed by atoms with van der Waals surface area (Å²) >= 11 is 0.